The van der Waals surface area contributed by atoms with E-state index in [9.17, 15) is 4.79 Å². The molecule has 38 heavy (non-hydrogen) atoms. The molecule has 0 atom stereocenters. The first-order chi connectivity index (χ1) is 18.4. The zero-order valence-electron chi connectivity index (χ0n) is 21.3. The van der Waals surface area contributed by atoms with E-state index in [1.54, 1.807) is 12.3 Å². The van der Waals surface area contributed by atoms with Crippen molar-refractivity contribution in [3.63, 3.8) is 0 Å². The molecule has 194 valence electrons. The summed E-state index contributed by atoms with van der Waals surface area (Å²) in [6.45, 7) is 5.99. The van der Waals surface area contributed by atoms with Gasteiger partial charge in [-0.2, -0.15) is 5.10 Å². The molecule has 0 saturated heterocycles. The number of carbonyl (C=O) groups is 1. The number of aromatic nitrogens is 4. The lowest BCUT2D eigenvalue weighted by Crippen LogP contribution is -2.14. The third kappa shape index (κ3) is 4.99. The second-order valence-corrected chi connectivity index (χ2v) is 9.83. The Balaban J connectivity index is 1.49. The molecule has 0 unspecified atom stereocenters. The van der Waals surface area contributed by atoms with Gasteiger partial charge < -0.3 is 14.6 Å². The zero-order chi connectivity index (χ0) is 26.8. The maximum atomic E-state index is 12.3. The lowest BCUT2D eigenvalue weighted by Gasteiger charge is -2.17. The minimum Gasteiger partial charge on any atom is -0.487 e. The van der Waals surface area contributed by atoms with Crippen LogP contribution in [0, 0.1) is 13.8 Å². The van der Waals surface area contributed by atoms with Crippen LogP contribution in [0.1, 0.15) is 36.6 Å². The minimum atomic E-state index is -0.0441. The Bertz CT molecular complexity index is 1630. The van der Waals surface area contributed by atoms with E-state index < -0.39 is 0 Å². The van der Waals surface area contributed by atoms with Gasteiger partial charge in [-0.1, -0.05) is 42.3 Å². The Morgan fingerprint density at radius 3 is 2.66 bits per heavy atom. The van der Waals surface area contributed by atoms with E-state index >= 15 is 0 Å². The van der Waals surface area contributed by atoms with E-state index in [0.717, 1.165) is 34.3 Å². The number of pyridine rings is 1. The molecular weight excluding hydrogens is 521 g/mol. The molecule has 2 aromatic carbocycles. The fourth-order valence-corrected chi connectivity index (χ4v) is 4.98. The van der Waals surface area contributed by atoms with Crippen LogP contribution in [-0.4, -0.2) is 25.2 Å². The van der Waals surface area contributed by atoms with Crippen LogP contribution in [0.5, 0.6) is 5.75 Å². The third-order valence-electron chi connectivity index (χ3n) is 6.28. The van der Waals surface area contributed by atoms with Gasteiger partial charge in [-0.05, 0) is 62.2 Å². The molecule has 5 aromatic rings. The van der Waals surface area contributed by atoms with Gasteiger partial charge in [0, 0.05) is 46.7 Å². The van der Waals surface area contributed by atoms with Crippen molar-refractivity contribution in [2.45, 2.75) is 40.2 Å². The van der Waals surface area contributed by atoms with E-state index in [4.69, 9.17) is 32.9 Å². The molecule has 0 saturated carbocycles. The third-order valence-corrected chi connectivity index (χ3v) is 7.06. The topological polar surface area (TPSA) is 74.0 Å². The molecule has 5 rings (SSSR count). The summed E-state index contributed by atoms with van der Waals surface area (Å²) in [5.41, 5.74) is 4.76. The largest absolute Gasteiger partial charge is 0.487 e. The molecule has 3 heterocycles. The maximum absolute atomic E-state index is 12.3. The molecule has 0 aliphatic heterocycles. The summed E-state index contributed by atoms with van der Waals surface area (Å²) in [5.74, 6) is 1.25. The molecule has 0 spiro atoms. The normalized spacial score (nSPS) is 11.2. The average Bonchev–Trinajstić information content (AvgIpc) is 3.55. The van der Waals surface area contributed by atoms with Gasteiger partial charge in [0.05, 0.1) is 16.4 Å². The van der Waals surface area contributed by atoms with E-state index in [0.29, 0.717) is 39.3 Å². The van der Waals surface area contributed by atoms with Crippen molar-refractivity contribution in [1.29, 1.82) is 0 Å². The second-order valence-electron chi connectivity index (χ2n) is 9.05. The number of hydrogen-bond donors (Lipinski definition) is 1. The number of anilines is 1. The molecule has 1 amide bonds. The van der Waals surface area contributed by atoms with Crippen molar-refractivity contribution >= 4 is 45.8 Å². The first kappa shape index (κ1) is 25.8. The van der Waals surface area contributed by atoms with Crippen molar-refractivity contribution in [2.24, 2.45) is 0 Å². The highest BCUT2D eigenvalue weighted by Gasteiger charge is 2.18. The highest BCUT2D eigenvalue weighted by atomic mass is 35.5. The summed E-state index contributed by atoms with van der Waals surface area (Å²) in [6.07, 6.45) is 6.73. The summed E-state index contributed by atoms with van der Waals surface area (Å²) in [4.78, 5) is 17.1. The number of hydrogen-bond acceptors (Lipinski definition) is 4. The van der Waals surface area contributed by atoms with Gasteiger partial charge in [0.2, 0.25) is 5.91 Å². The number of benzene rings is 2. The predicted octanol–water partition coefficient (Wildman–Crippen LogP) is 7.45. The Kier molecular flexibility index (Phi) is 7.40. The van der Waals surface area contributed by atoms with Gasteiger partial charge in [0.15, 0.2) is 0 Å². The van der Waals surface area contributed by atoms with Crippen molar-refractivity contribution < 1.29 is 9.53 Å². The fourth-order valence-electron chi connectivity index (χ4n) is 4.41. The van der Waals surface area contributed by atoms with Gasteiger partial charge >= 0.3 is 0 Å². The predicted molar refractivity (Wildman–Crippen MR) is 152 cm³/mol. The number of nitrogens with one attached hydrogen (secondary N) is 1. The SMILES string of the molecule is CCCC(=O)Nc1c(C)ccn1-c1ccc(Cl)c(COc2cccc3c(-n4cccn4)cc(C)nc23)c1Cl. The lowest BCUT2D eigenvalue weighted by atomic mass is 10.1. The minimum absolute atomic E-state index is 0.0441. The number of fused-ring (bicyclic) bond motifs is 1. The Hall–Kier alpha value is -3.81. The number of aryl methyl sites for hydroxylation is 2. The number of carbonyl (C=O) groups excluding carboxylic acids is 1. The van der Waals surface area contributed by atoms with Gasteiger partial charge in [0.1, 0.15) is 23.7 Å². The summed E-state index contributed by atoms with van der Waals surface area (Å²) in [5, 5.41) is 9.24. The molecule has 0 bridgehead atoms. The Morgan fingerprint density at radius 1 is 1.05 bits per heavy atom. The highest BCUT2D eigenvalue weighted by molar-refractivity contribution is 6.37. The fraction of sp³-hybridized carbons (Fsp3) is 0.207. The number of nitrogens with zero attached hydrogens (tertiary/aromatic N) is 4. The quantitative estimate of drug-likeness (QED) is 0.219. The smallest absolute Gasteiger partial charge is 0.225 e. The molecule has 0 aliphatic rings. The first-order valence-corrected chi connectivity index (χ1v) is 13.1. The summed E-state index contributed by atoms with van der Waals surface area (Å²) in [7, 11) is 0. The second kappa shape index (κ2) is 10.9. The number of amides is 1. The summed E-state index contributed by atoms with van der Waals surface area (Å²) < 4.78 is 9.96. The lowest BCUT2D eigenvalue weighted by molar-refractivity contribution is -0.116. The number of rotatable bonds is 8. The monoisotopic (exact) mass is 547 g/mol. The molecule has 0 radical (unpaired) electrons. The van der Waals surface area contributed by atoms with Crippen LogP contribution in [0.3, 0.4) is 0 Å². The number of para-hydroxylation sites is 1. The van der Waals surface area contributed by atoms with Gasteiger partial charge in [-0.15, -0.1) is 0 Å². The zero-order valence-corrected chi connectivity index (χ0v) is 22.8. The van der Waals surface area contributed by atoms with Crippen LogP contribution >= 0.6 is 23.2 Å². The highest BCUT2D eigenvalue weighted by Crippen LogP contribution is 2.36. The van der Waals surface area contributed by atoms with Crippen LogP contribution in [-0.2, 0) is 11.4 Å². The van der Waals surface area contributed by atoms with Crippen molar-refractivity contribution in [3.8, 4) is 17.1 Å². The molecule has 3 aromatic heterocycles. The van der Waals surface area contributed by atoms with Gasteiger partial charge in [-0.3, -0.25) is 4.79 Å². The first-order valence-electron chi connectivity index (χ1n) is 12.4. The van der Waals surface area contributed by atoms with E-state index in [1.165, 1.54) is 0 Å². The standard InChI is InChI=1S/C29H27Cl2N5O2/c1-4-7-26(37)34-29-18(2)12-15-35(29)23-11-10-22(30)21(27(23)31)17-38-25-9-5-8-20-24(36-14-6-13-32-36)16-19(3)33-28(20)25/h5-6,8-16H,4,7,17H2,1-3H3,(H,34,37). The Labute approximate surface area is 231 Å². The van der Waals surface area contributed by atoms with Crippen molar-refractivity contribution in [3.05, 3.63) is 94.0 Å². The molecule has 7 nitrogen and oxygen atoms in total. The summed E-state index contributed by atoms with van der Waals surface area (Å²) in [6, 6.07) is 15.2. The van der Waals surface area contributed by atoms with Crippen molar-refractivity contribution in [1.82, 2.24) is 19.3 Å². The van der Waals surface area contributed by atoms with Crippen molar-refractivity contribution in [2.75, 3.05) is 5.32 Å². The summed E-state index contributed by atoms with van der Waals surface area (Å²) >= 11 is 13.5. The van der Waals surface area contributed by atoms with E-state index in [2.05, 4.69) is 10.4 Å². The molecule has 1 N–H and O–H groups in total. The van der Waals surface area contributed by atoms with E-state index in [1.807, 2.05) is 84.9 Å². The number of ether oxygens (including phenoxy) is 1. The molecule has 0 fully saturated rings. The average molecular weight is 548 g/mol. The Morgan fingerprint density at radius 2 is 1.89 bits per heavy atom. The molecule has 9 heteroatoms. The van der Waals surface area contributed by atoms with Gasteiger partial charge in [0.25, 0.3) is 0 Å². The van der Waals surface area contributed by atoms with Crippen LogP contribution in [0.25, 0.3) is 22.3 Å². The molecular formula is C29H27Cl2N5O2. The van der Waals surface area contributed by atoms with Crippen LogP contribution in [0.2, 0.25) is 10.0 Å². The van der Waals surface area contributed by atoms with E-state index in [-0.39, 0.29) is 12.5 Å². The maximum Gasteiger partial charge on any atom is 0.225 e. The van der Waals surface area contributed by atoms with Gasteiger partial charge in [-0.25, -0.2) is 9.67 Å². The number of halogens is 2. The van der Waals surface area contributed by atoms with Crippen LogP contribution in [0.15, 0.2) is 67.1 Å². The molecule has 0 aliphatic carbocycles. The van der Waals surface area contributed by atoms with Crippen LogP contribution in [0.4, 0.5) is 5.82 Å². The van der Waals surface area contributed by atoms with Crippen LogP contribution < -0.4 is 10.1 Å².